The molecular weight excluding hydrogens is 294 g/mol. The van der Waals surface area contributed by atoms with Crippen LogP contribution in [0, 0.1) is 22.7 Å². The van der Waals surface area contributed by atoms with Gasteiger partial charge in [-0.1, -0.05) is 12.1 Å². The minimum atomic E-state index is -0.269. The maximum Gasteiger partial charge on any atom is 0.329 e. The first kappa shape index (κ1) is 16.3. The molecule has 1 heterocycles. The fraction of sp³-hybridized carbons (Fsp3) is 0.375. The van der Waals surface area contributed by atoms with Crippen LogP contribution in [-0.4, -0.2) is 33.0 Å². The van der Waals surface area contributed by atoms with Crippen LogP contribution < -0.4 is 5.69 Å². The van der Waals surface area contributed by atoms with Gasteiger partial charge in [0.1, 0.15) is 6.54 Å². The zero-order valence-corrected chi connectivity index (χ0v) is 12.9. The highest BCUT2D eigenvalue weighted by Crippen LogP contribution is 2.11. The maximum absolute atomic E-state index is 12.5. The van der Waals surface area contributed by atoms with Gasteiger partial charge >= 0.3 is 5.69 Å². The van der Waals surface area contributed by atoms with Gasteiger partial charge in [0.15, 0.2) is 0 Å². The van der Waals surface area contributed by atoms with Crippen molar-refractivity contribution in [2.75, 3.05) is 13.1 Å². The maximum atomic E-state index is 12.5. The third-order valence-electron chi connectivity index (χ3n) is 3.68. The van der Waals surface area contributed by atoms with Crippen molar-refractivity contribution in [1.29, 1.82) is 10.5 Å². The first-order valence-corrected chi connectivity index (χ1v) is 7.26. The van der Waals surface area contributed by atoms with Gasteiger partial charge in [0.05, 0.1) is 36.0 Å². The predicted octanol–water partition coefficient (Wildman–Crippen LogP) is 0.996. The fourth-order valence-electron chi connectivity index (χ4n) is 2.48. The highest BCUT2D eigenvalue weighted by Gasteiger charge is 2.17. The van der Waals surface area contributed by atoms with E-state index in [0.717, 1.165) is 5.52 Å². The lowest BCUT2D eigenvalue weighted by molar-refractivity contribution is -0.131. The molecule has 0 unspecified atom stereocenters. The molecule has 1 amide bonds. The minimum Gasteiger partial charge on any atom is -0.339 e. The summed E-state index contributed by atoms with van der Waals surface area (Å²) in [5.74, 6) is -0.269. The first-order chi connectivity index (χ1) is 11.1. The van der Waals surface area contributed by atoms with Gasteiger partial charge in [-0.25, -0.2) is 4.79 Å². The lowest BCUT2D eigenvalue weighted by Gasteiger charge is -2.20. The fourth-order valence-corrected chi connectivity index (χ4v) is 2.48. The first-order valence-electron chi connectivity index (χ1n) is 7.26. The predicted molar refractivity (Wildman–Crippen MR) is 84.2 cm³/mol. The number of para-hydroxylation sites is 2. The number of nitrogens with zero attached hydrogens (tertiary/aromatic N) is 5. The number of benzene rings is 1. The Morgan fingerprint density at radius 2 is 1.70 bits per heavy atom. The van der Waals surface area contributed by atoms with Crippen molar-refractivity contribution in [2.24, 2.45) is 7.05 Å². The van der Waals surface area contributed by atoms with Crippen molar-refractivity contribution in [1.82, 2.24) is 14.0 Å². The summed E-state index contributed by atoms with van der Waals surface area (Å²) < 4.78 is 2.92. The number of hydrogen-bond acceptors (Lipinski definition) is 4. The molecule has 7 nitrogen and oxygen atoms in total. The highest BCUT2D eigenvalue weighted by molar-refractivity contribution is 5.81. The smallest absolute Gasteiger partial charge is 0.329 e. The van der Waals surface area contributed by atoms with Gasteiger partial charge in [-0.15, -0.1) is 0 Å². The van der Waals surface area contributed by atoms with Crippen LogP contribution in [0.4, 0.5) is 0 Å². The Morgan fingerprint density at radius 1 is 1.13 bits per heavy atom. The average Bonchev–Trinajstić information content (AvgIpc) is 2.80. The van der Waals surface area contributed by atoms with E-state index in [2.05, 4.69) is 0 Å². The molecule has 0 N–H and O–H groups in total. The van der Waals surface area contributed by atoms with Crippen LogP contribution in [0.1, 0.15) is 12.8 Å². The Bertz CT molecular complexity index is 832. The van der Waals surface area contributed by atoms with Crippen LogP contribution in [0.3, 0.4) is 0 Å². The highest BCUT2D eigenvalue weighted by atomic mass is 16.2. The molecule has 1 aromatic heterocycles. The average molecular weight is 311 g/mol. The topological polar surface area (TPSA) is 94.8 Å². The van der Waals surface area contributed by atoms with Crippen LogP contribution in [0.15, 0.2) is 29.1 Å². The van der Waals surface area contributed by atoms with Gasteiger partial charge in [0.25, 0.3) is 0 Å². The second kappa shape index (κ2) is 7.28. The van der Waals surface area contributed by atoms with Crippen molar-refractivity contribution in [2.45, 2.75) is 19.4 Å². The number of rotatable bonds is 6. The third-order valence-corrected chi connectivity index (χ3v) is 3.68. The van der Waals surface area contributed by atoms with Crippen LogP contribution in [0.2, 0.25) is 0 Å². The molecule has 0 fully saturated rings. The Kier molecular flexibility index (Phi) is 5.16. The number of aromatic nitrogens is 2. The molecule has 1 aromatic carbocycles. The quantitative estimate of drug-likeness (QED) is 0.795. The molecule has 0 aliphatic rings. The Labute approximate surface area is 133 Å². The van der Waals surface area contributed by atoms with Crippen LogP contribution >= 0.6 is 0 Å². The zero-order valence-electron chi connectivity index (χ0n) is 12.9. The molecule has 2 rings (SSSR count). The zero-order chi connectivity index (χ0) is 16.8. The van der Waals surface area contributed by atoms with E-state index in [9.17, 15) is 9.59 Å². The van der Waals surface area contributed by atoms with Crippen LogP contribution in [0.5, 0.6) is 0 Å². The van der Waals surface area contributed by atoms with E-state index in [1.807, 2.05) is 30.3 Å². The molecular formula is C16H17N5O2. The Morgan fingerprint density at radius 3 is 2.26 bits per heavy atom. The summed E-state index contributed by atoms with van der Waals surface area (Å²) >= 11 is 0. The molecule has 0 saturated heterocycles. The van der Waals surface area contributed by atoms with Crippen molar-refractivity contribution in [3.8, 4) is 12.1 Å². The summed E-state index contributed by atoms with van der Waals surface area (Å²) in [6.45, 7) is 0.421. The summed E-state index contributed by atoms with van der Waals surface area (Å²) in [5, 5.41) is 17.4. The largest absolute Gasteiger partial charge is 0.339 e. The molecule has 118 valence electrons. The standard InChI is InChI=1S/C16H17N5O2/c1-19-13-6-2-3-7-14(13)21(16(19)23)12-15(22)20(10-4-8-17)11-5-9-18/h2-3,6-7H,4-5,10-12H2,1H3. The third kappa shape index (κ3) is 3.41. The summed E-state index contributed by atoms with van der Waals surface area (Å²) in [6.07, 6.45) is 0.392. The Balaban J connectivity index is 2.28. The van der Waals surface area contributed by atoms with E-state index in [-0.39, 0.29) is 44.1 Å². The second-order valence-electron chi connectivity index (χ2n) is 5.11. The van der Waals surface area contributed by atoms with Gasteiger partial charge in [-0.3, -0.25) is 13.9 Å². The molecule has 0 saturated carbocycles. The SMILES string of the molecule is Cn1c(=O)n(CC(=O)N(CCC#N)CCC#N)c2ccccc21. The van der Waals surface area contributed by atoms with Crippen LogP contribution in [0.25, 0.3) is 11.0 Å². The van der Waals surface area contributed by atoms with Crippen molar-refractivity contribution in [3.63, 3.8) is 0 Å². The van der Waals surface area contributed by atoms with Gasteiger partial charge in [-0.05, 0) is 12.1 Å². The van der Waals surface area contributed by atoms with Crippen molar-refractivity contribution >= 4 is 16.9 Å². The van der Waals surface area contributed by atoms with E-state index in [1.54, 1.807) is 13.1 Å². The summed E-state index contributed by atoms with van der Waals surface area (Å²) in [7, 11) is 1.66. The van der Waals surface area contributed by atoms with Crippen molar-refractivity contribution < 1.29 is 4.79 Å². The lowest BCUT2D eigenvalue weighted by Crippen LogP contribution is -2.37. The normalized spacial score (nSPS) is 10.2. The molecule has 2 aromatic rings. The van der Waals surface area contributed by atoms with E-state index < -0.39 is 0 Å². The van der Waals surface area contributed by atoms with Gasteiger partial charge in [0.2, 0.25) is 5.91 Å². The molecule has 7 heteroatoms. The molecule has 0 atom stereocenters. The number of amides is 1. The summed E-state index contributed by atoms with van der Waals surface area (Å²) in [5.41, 5.74) is 1.18. The molecule has 0 spiro atoms. The van der Waals surface area contributed by atoms with Gasteiger partial charge in [-0.2, -0.15) is 10.5 Å². The Hall–Kier alpha value is -3.06. The number of imidazole rings is 1. The number of fused-ring (bicyclic) bond motifs is 1. The van der Waals surface area contributed by atoms with Gasteiger partial charge in [0, 0.05) is 20.1 Å². The van der Waals surface area contributed by atoms with E-state index in [1.165, 1.54) is 14.0 Å². The number of nitriles is 2. The minimum absolute atomic E-state index is 0.100. The van der Waals surface area contributed by atoms with E-state index in [0.29, 0.717) is 5.52 Å². The number of aryl methyl sites for hydroxylation is 1. The monoisotopic (exact) mass is 311 g/mol. The van der Waals surface area contributed by atoms with Gasteiger partial charge < -0.3 is 4.90 Å². The molecule has 0 aliphatic heterocycles. The van der Waals surface area contributed by atoms with Crippen molar-refractivity contribution in [3.05, 3.63) is 34.7 Å². The van der Waals surface area contributed by atoms with E-state index >= 15 is 0 Å². The lowest BCUT2D eigenvalue weighted by atomic mass is 10.3. The molecule has 0 bridgehead atoms. The second-order valence-corrected chi connectivity index (χ2v) is 5.11. The summed E-state index contributed by atoms with van der Waals surface area (Å²) in [6, 6.07) is 11.2. The summed E-state index contributed by atoms with van der Waals surface area (Å²) in [4.78, 5) is 26.3. The van der Waals surface area contributed by atoms with Crippen LogP contribution in [-0.2, 0) is 18.4 Å². The molecule has 0 radical (unpaired) electrons. The number of hydrogen-bond donors (Lipinski definition) is 0. The van der Waals surface area contributed by atoms with E-state index in [4.69, 9.17) is 10.5 Å². The number of carbonyl (C=O) groups excluding carboxylic acids is 1. The molecule has 0 aliphatic carbocycles. The molecule has 23 heavy (non-hydrogen) atoms. The number of carbonyl (C=O) groups is 1.